The van der Waals surface area contributed by atoms with Crippen molar-refractivity contribution in [3.8, 4) is 11.5 Å². The molecule has 4 nitrogen and oxygen atoms in total. The second-order valence-corrected chi connectivity index (χ2v) is 5.39. The topological polar surface area (TPSA) is 45.6 Å². The van der Waals surface area contributed by atoms with E-state index in [-0.39, 0.29) is 0 Å². The Labute approximate surface area is 131 Å². The first kappa shape index (κ1) is 14.4. The largest absolute Gasteiger partial charge is 0.457 e. The van der Waals surface area contributed by atoms with Crippen LogP contribution in [0.5, 0.6) is 11.5 Å². The van der Waals surface area contributed by atoms with Crippen LogP contribution in [0, 0.1) is 6.92 Å². The first-order valence-corrected chi connectivity index (χ1v) is 7.66. The normalized spacial score (nSPS) is 14.0. The minimum atomic E-state index is 0.688. The number of hydrogen-bond acceptors (Lipinski definition) is 4. The molecule has 0 fully saturated rings. The highest BCUT2D eigenvalue weighted by molar-refractivity contribution is 5.80. The van der Waals surface area contributed by atoms with Gasteiger partial charge in [0.2, 0.25) is 0 Å². The summed E-state index contributed by atoms with van der Waals surface area (Å²) in [4.78, 5) is 4.42. The highest BCUT2D eigenvalue weighted by Crippen LogP contribution is 2.25. The van der Waals surface area contributed by atoms with E-state index in [0.29, 0.717) is 6.54 Å². The number of guanidine groups is 1. The summed E-state index contributed by atoms with van der Waals surface area (Å²) in [5.74, 6) is 2.60. The minimum Gasteiger partial charge on any atom is -0.457 e. The first-order chi connectivity index (χ1) is 10.8. The SMILES string of the molecule is Cc1ccc(Oc2ccccc2CNC2=NCCCN2)cc1. The molecule has 2 aromatic carbocycles. The minimum absolute atomic E-state index is 0.688. The van der Waals surface area contributed by atoms with E-state index in [1.165, 1.54) is 5.56 Å². The van der Waals surface area contributed by atoms with Gasteiger partial charge in [0.05, 0.1) is 0 Å². The molecule has 0 unspecified atom stereocenters. The van der Waals surface area contributed by atoms with Crippen molar-refractivity contribution in [2.75, 3.05) is 13.1 Å². The highest BCUT2D eigenvalue weighted by atomic mass is 16.5. The maximum Gasteiger partial charge on any atom is 0.191 e. The molecule has 1 heterocycles. The molecule has 0 bridgehead atoms. The maximum absolute atomic E-state index is 6.00. The molecule has 1 aliphatic rings. The summed E-state index contributed by atoms with van der Waals surface area (Å²) >= 11 is 0. The number of hydrogen-bond donors (Lipinski definition) is 2. The van der Waals surface area contributed by atoms with Crippen molar-refractivity contribution < 1.29 is 4.74 Å². The maximum atomic E-state index is 6.00. The summed E-state index contributed by atoms with van der Waals surface area (Å²) < 4.78 is 6.00. The van der Waals surface area contributed by atoms with Crippen molar-refractivity contribution in [3.63, 3.8) is 0 Å². The molecular weight excluding hydrogens is 274 g/mol. The van der Waals surface area contributed by atoms with Crippen LogP contribution in [-0.2, 0) is 6.54 Å². The molecule has 3 rings (SSSR count). The van der Waals surface area contributed by atoms with Crippen LogP contribution in [-0.4, -0.2) is 19.0 Å². The van der Waals surface area contributed by atoms with E-state index in [9.17, 15) is 0 Å². The third-order valence-corrected chi connectivity index (χ3v) is 3.56. The van der Waals surface area contributed by atoms with E-state index in [4.69, 9.17) is 4.74 Å². The van der Waals surface area contributed by atoms with Crippen molar-refractivity contribution >= 4 is 5.96 Å². The Kier molecular flexibility index (Phi) is 4.59. The van der Waals surface area contributed by atoms with Crippen LogP contribution in [0.3, 0.4) is 0 Å². The van der Waals surface area contributed by atoms with E-state index >= 15 is 0 Å². The standard InChI is InChI=1S/C18H21N3O/c1-14-7-9-16(10-8-14)22-17-6-3-2-5-15(17)13-21-18-19-11-4-12-20-18/h2-3,5-10H,4,11-13H2,1H3,(H2,19,20,21). The lowest BCUT2D eigenvalue weighted by Gasteiger charge is -2.17. The molecule has 0 spiro atoms. The monoisotopic (exact) mass is 295 g/mol. The Balaban J connectivity index is 1.69. The van der Waals surface area contributed by atoms with Gasteiger partial charge in [-0.25, -0.2) is 0 Å². The Morgan fingerprint density at radius 2 is 1.95 bits per heavy atom. The fraction of sp³-hybridized carbons (Fsp3) is 0.278. The highest BCUT2D eigenvalue weighted by Gasteiger charge is 2.07. The molecule has 0 aliphatic carbocycles. The Hall–Kier alpha value is -2.49. The molecule has 0 amide bonds. The molecule has 0 aromatic heterocycles. The molecule has 0 atom stereocenters. The number of nitrogens with one attached hydrogen (secondary N) is 2. The number of benzene rings is 2. The first-order valence-electron chi connectivity index (χ1n) is 7.66. The van der Waals surface area contributed by atoms with Gasteiger partial charge in [-0.2, -0.15) is 0 Å². The third-order valence-electron chi connectivity index (χ3n) is 3.56. The van der Waals surface area contributed by atoms with Crippen molar-refractivity contribution in [2.24, 2.45) is 4.99 Å². The van der Waals surface area contributed by atoms with E-state index in [2.05, 4.69) is 40.7 Å². The van der Waals surface area contributed by atoms with Crippen LogP contribution in [0.15, 0.2) is 53.5 Å². The van der Waals surface area contributed by atoms with Crippen molar-refractivity contribution in [2.45, 2.75) is 19.9 Å². The van der Waals surface area contributed by atoms with E-state index in [1.807, 2.05) is 30.3 Å². The number of rotatable bonds is 4. The van der Waals surface area contributed by atoms with Gasteiger partial charge < -0.3 is 15.4 Å². The molecule has 2 aromatic rings. The lowest BCUT2D eigenvalue weighted by Crippen LogP contribution is -2.40. The quantitative estimate of drug-likeness (QED) is 0.910. The molecule has 22 heavy (non-hydrogen) atoms. The Morgan fingerprint density at radius 3 is 2.73 bits per heavy atom. The summed E-state index contributed by atoms with van der Waals surface area (Å²) in [6, 6.07) is 16.2. The van der Waals surface area contributed by atoms with Gasteiger partial charge in [0.1, 0.15) is 11.5 Å². The van der Waals surface area contributed by atoms with Gasteiger partial charge in [0.15, 0.2) is 5.96 Å². The molecular formula is C18H21N3O. The molecule has 1 aliphatic heterocycles. The number of aliphatic imine (C=N–C) groups is 1. The second-order valence-electron chi connectivity index (χ2n) is 5.39. The fourth-order valence-electron chi connectivity index (χ4n) is 2.31. The molecule has 114 valence electrons. The zero-order valence-electron chi connectivity index (χ0n) is 12.8. The van der Waals surface area contributed by atoms with Crippen LogP contribution in [0.4, 0.5) is 0 Å². The zero-order chi connectivity index (χ0) is 15.2. The smallest absolute Gasteiger partial charge is 0.191 e. The van der Waals surface area contributed by atoms with Gasteiger partial charge in [0.25, 0.3) is 0 Å². The summed E-state index contributed by atoms with van der Waals surface area (Å²) in [6.45, 7) is 4.62. The van der Waals surface area contributed by atoms with Gasteiger partial charge in [-0.1, -0.05) is 35.9 Å². The van der Waals surface area contributed by atoms with Crippen LogP contribution >= 0.6 is 0 Å². The molecule has 0 saturated carbocycles. The van der Waals surface area contributed by atoms with Crippen molar-refractivity contribution in [1.29, 1.82) is 0 Å². The third kappa shape index (κ3) is 3.79. The predicted molar refractivity (Wildman–Crippen MR) is 89.5 cm³/mol. The lowest BCUT2D eigenvalue weighted by atomic mass is 10.2. The van der Waals surface area contributed by atoms with Gasteiger partial charge in [-0.15, -0.1) is 0 Å². The fourth-order valence-corrected chi connectivity index (χ4v) is 2.31. The summed E-state index contributed by atoms with van der Waals surface area (Å²) in [5, 5.41) is 6.59. The molecule has 2 N–H and O–H groups in total. The zero-order valence-corrected chi connectivity index (χ0v) is 12.8. The molecule has 0 radical (unpaired) electrons. The number of aryl methyl sites for hydroxylation is 1. The van der Waals surface area contributed by atoms with Crippen molar-refractivity contribution in [1.82, 2.24) is 10.6 Å². The van der Waals surface area contributed by atoms with Gasteiger partial charge in [0, 0.05) is 25.2 Å². The van der Waals surface area contributed by atoms with Gasteiger partial charge >= 0.3 is 0 Å². The van der Waals surface area contributed by atoms with E-state index < -0.39 is 0 Å². The summed E-state index contributed by atoms with van der Waals surface area (Å²) in [6.07, 6.45) is 1.10. The Morgan fingerprint density at radius 1 is 1.14 bits per heavy atom. The second kappa shape index (κ2) is 6.98. The lowest BCUT2D eigenvalue weighted by molar-refractivity contribution is 0.475. The van der Waals surface area contributed by atoms with Crippen LogP contribution < -0.4 is 15.4 Å². The van der Waals surface area contributed by atoms with Crippen LogP contribution in [0.2, 0.25) is 0 Å². The van der Waals surface area contributed by atoms with E-state index in [1.54, 1.807) is 0 Å². The average Bonchev–Trinajstić information content (AvgIpc) is 2.57. The number of nitrogens with zero attached hydrogens (tertiary/aromatic N) is 1. The average molecular weight is 295 g/mol. The van der Waals surface area contributed by atoms with Gasteiger partial charge in [-0.05, 0) is 31.5 Å². The Bertz CT molecular complexity index is 650. The van der Waals surface area contributed by atoms with Crippen molar-refractivity contribution in [3.05, 3.63) is 59.7 Å². The van der Waals surface area contributed by atoms with E-state index in [0.717, 1.165) is 42.5 Å². The molecule has 0 saturated heterocycles. The molecule has 4 heteroatoms. The number of para-hydroxylation sites is 1. The number of ether oxygens (including phenoxy) is 1. The van der Waals surface area contributed by atoms with Crippen LogP contribution in [0.25, 0.3) is 0 Å². The van der Waals surface area contributed by atoms with Crippen LogP contribution in [0.1, 0.15) is 17.5 Å². The predicted octanol–water partition coefficient (Wildman–Crippen LogP) is 3.23. The summed E-state index contributed by atoms with van der Waals surface area (Å²) in [7, 11) is 0. The van der Waals surface area contributed by atoms with Gasteiger partial charge in [-0.3, -0.25) is 4.99 Å². The summed E-state index contributed by atoms with van der Waals surface area (Å²) in [5.41, 5.74) is 2.34.